The van der Waals surface area contributed by atoms with Crippen LogP contribution in [-0.4, -0.2) is 28.9 Å². The molecule has 1 amide bonds. The highest BCUT2D eigenvalue weighted by Crippen LogP contribution is 2.24. The Labute approximate surface area is 147 Å². The van der Waals surface area contributed by atoms with Gasteiger partial charge >= 0.3 is 0 Å². The molecular formula is C19H22N2O4. The minimum Gasteiger partial charge on any atom is -0.481 e. The molecule has 0 unspecified atom stereocenters. The molecule has 0 heterocycles. The molecule has 0 spiro atoms. The first-order valence-corrected chi connectivity index (χ1v) is 8.04. The second-order valence-corrected chi connectivity index (χ2v) is 6.05. The molecule has 0 saturated heterocycles. The minimum atomic E-state index is -0.658. The number of non-ortho nitro benzene ring substituents is 1. The molecule has 2 aromatic rings. The molecule has 2 aromatic carbocycles. The molecule has 0 aromatic heterocycles. The van der Waals surface area contributed by atoms with Crippen LogP contribution in [0.4, 0.5) is 5.69 Å². The number of rotatable bonds is 6. The number of ether oxygens (including phenoxy) is 1. The number of nitrogens with zero attached hydrogens (tertiary/aromatic N) is 2. The van der Waals surface area contributed by atoms with Gasteiger partial charge in [-0.05, 0) is 38.5 Å². The van der Waals surface area contributed by atoms with Gasteiger partial charge in [-0.25, -0.2) is 0 Å². The third kappa shape index (κ3) is 4.56. The van der Waals surface area contributed by atoms with Crippen LogP contribution in [0.2, 0.25) is 0 Å². The van der Waals surface area contributed by atoms with E-state index in [0.29, 0.717) is 11.3 Å². The van der Waals surface area contributed by atoms with E-state index in [1.165, 1.54) is 17.0 Å². The molecule has 0 saturated carbocycles. The average Bonchev–Trinajstić information content (AvgIpc) is 2.61. The summed E-state index contributed by atoms with van der Waals surface area (Å²) < 4.78 is 5.70. The lowest BCUT2D eigenvalue weighted by Crippen LogP contribution is -2.39. The number of benzene rings is 2. The van der Waals surface area contributed by atoms with E-state index < -0.39 is 11.0 Å². The fourth-order valence-corrected chi connectivity index (χ4v) is 2.47. The molecule has 0 aliphatic heterocycles. The average molecular weight is 342 g/mol. The van der Waals surface area contributed by atoms with Gasteiger partial charge < -0.3 is 9.64 Å². The summed E-state index contributed by atoms with van der Waals surface area (Å²) >= 11 is 0. The Hall–Kier alpha value is -2.89. The maximum Gasteiger partial charge on any atom is 0.269 e. The Morgan fingerprint density at radius 1 is 1.16 bits per heavy atom. The van der Waals surface area contributed by atoms with Crippen molar-refractivity contribution in [1.29, 1.82) is 0 Å². The molecule has 132 valence electrons. The minimum absolute atomic E-state index is 0.00847. The number of carbonyl (C=O) groups is 1. The van der Waals surface area contributed by atoms with Crippen LogP contribution in [0.25, 0.3) is 0 Å². The van der Waals surface area contributed by atoms with E-state index in [0.717, 1.165) is 5.56 Å². The molecule has 6 nitrogen and oxygen atoms in total. The molecule has 6 heteroatoms. The number of likely N-dealkylation sites (N-methyl/N-ethyl adjacent to an activating group) is 1. The highest BCUT2D eigenvalue weighted by Gasteiger charge is 2.24. The number of carbonyl (C=O) groups excluding carboxylic acids is 1. The largest absolute Gasteiger partial charge is 0.481 e. The number of hydrogen-bond acceptors (Lipinski definition) is 4. The predicted octanol–water partition coefficient (Wildman–Crippen LogP) is 3.89. The lowest BCUT2D eigenvalue weighted by atomic mass is 10.1. The fourth-order valence-electron chi connectivity index (χ4n) is 2.47. The number of nitro benzene ring substituents is 1. The van der Waals surface area contributed by atoms with E-state index in [-0.39, 0.29) is 17.6 Å². The Bertz CT molecular complexity index is 758. The van der Waals surface area contributed by atoms with Crippen molar-refractivity contribution in [2.45, 2.75) is 32.9 Å². The number of amides is 1. The summed E-state index contributed by atoms with van der Waals surface area (Å²) in [5.41, 5.74) is 1.82. The monoisotopic (exact) mass is 342 g/mol. The van der Waals surface area contributed by atoms with Crippen molar-refractivity contribution in [3.8, 4) is 5.75 Å². The zero-order valence-corrected chi connectivity index (χ0v) is 14.8. The zero-order chi connectivity index (χ0) is 18.6. The van der Waals surface area contributed by atoms with Gasteiger partial charge in [0.25, 0.3) is 11.6 Å². The van der Waals surface area contributed by atoms with E-state index in [2.05, 4.69) is 0 Å². The Morgan fingerprint density at radius 3 is 2.40 bits per heavy atom. The van der Waals surface area contributed by atoms with Crippen molar-refractivity contribution in [3.05, 3.63) is 69.8 Å². The topological polar surface area (TPSA) is 72.7 Å². The summed E-state index contributed by atoms with van der Waals surface area (Å²) in [6.07, 6.45) is -0.658. The smallest absolute Gasteiger partial charge is 0.269 e. The highest BCUT2D eigenvalue weighted by atomic mass is 16.6. The fraction of sp³-hybridized carbons (Fsp3) is 0.316. The van der Waals surface area contributed by atoms with Crippen LogP contribution in [0.15, 0.2) is 48.5 Å². The van der Waals surface area contributed by atoms with Crippen molar-refractivity contribution in [2.75, 3.05) is 7.05 Å². The van der Waals surface area contributed by atoms with Crippen LogP contribution < -0.4 is 4.74 Å². The summed E-state index contributed by atoms with van der Waals surface area (Å²) in [5.74, 6) is 0.433. The molecule has 0 aliphatic rings. The van der Waals surface area contributed by atoms with Gasteiger partial charge in [-0.2, -0.15) is 0 Å². The zero-order valence-electron chi connectivity index (χ0n) is 14.8. The second-order valence-electron chi connectivity index (χ2n) is 6.05. The Morgan fingerprint density at radius 2 is 1.80 bits per heavy atom. The van der Waals surface area contributed by atoms with Gasteiger partial charge in [-0.3, -0.25) is 14.9 Å². The van der Waals surface area contributed by atoms with Crippen LogP contribution in [0.1, 0.15) is 31.0 Å². The normalized spacial score (nSPS) is 13.0. The van der Waals surface area contributed by atoms with E-state index in [4.69, 9.17) is 4.74 Å². The van der Waals surface area contributed by atoms with Gasteiger partial charge in [0.05, 0.1) is 11.0 Å². The van der Waals surface area contributed by atoms with Gasteiger partial charge in [0.15, 0.2) is 6.10 Å². The quantitative estimate of drug-likeness (QED) is 0.590. The van der Waals surface area contributed by atoms with Crippen LogP contribution in [-0.2, 0) is 4.79 Å². The number of hydrogen-bond donors (Lipinski definition) is 0. The van der Waals surface area contributed by atoms with E-state index in [9.17, 15) is 14.9 Å². The summed E-state index contributed by atoms with van der Waals surface area (Å²) in [6, 6.07) is 13.5. The summed E-state index contributed by atoms with van der Waals surface area (Å²) in [5, 5.41) is 10.9. The van der Waals surface area contributed by atoms with Crippen molar-refractivity contribution in [3.63, 3.8) is 0 Å². The van der Waals surface area contributed by atoms with Crippen LogP contribution >= 0.6 is 0 Å². The molecule has 0 radical (unpaired) electrons. The molecule has 25 heavy (non-hydrogen) atoms. The summed E-state index contributed by atoms with van der Waals surface area (Å²) in [4.78, 5) is 24.6. The number of nitro groups is 1. The highest BCUT2D eigenvalue weighted by molar-refractivity contribution is 5.81. The summed E-state index contributed by atoms with van der Waals surface area (Å²) in [6.45, 7) is 5.50. The first-order valence-electron chi connectivity index (χ1n) is 8.04. The molecule has 0 N–H and O–H groups in total. The van der Waals surface area contributed by atoms with E-state index in [1.807, 2.05) is 38.1 Å². The van der Waals surface area contributed by atoms with Crippen LogP contribution in [0.5, 0.6) is 5.75 Å². The predicted molar refractivity (Wildman–Crippen MR) is 95.6 cm³/mol. The van der Waals surface area contributed by atoms with Crippen molar-refractivity contribution >= 4 is 11.6 Å². The second kappa shape index (κ2) is 7.79. The van der Waals surface area contributed by atoms with Gasteiger partial charge in [0, 0.05) is 19.2 Å². The van der Waals surface area contributed by atoms with Crippen molar-refractivity contribution in [2.24, 2.45) is 0 Å². The molecule has 2 atom stereocenters. The molecular weight excluding hydrogens is 320 g/mol. The maximum absolute atomic E-state index is 12.6. The lowest BCUT2D eigenvalue weighted by Gasteiger charge is -2.28. The van der Waals surface area contributed by atoms with Gasteiger partial charge in [0.2, 0.25) is 0 Å². The molecule has 2 rings (SSSR count). The van der Waals surface area contributed by atoms with E-state index in [1.54, 1.807) is 26.1 Å². The molecule has 0 aliphatic carbocycles. The van der Waals surface area contributed by atoms with Crippen LogP contribution in [0.3, 0.4) is 0 Å². The standard InChI is InChI=1S/C19H22N2O4/c1-13-8-10-18(11-9-13)25-15(3)19(22)20(4)14(2)16-6-5-7-17(12-16)21(23)24/h5-12,14-15H,1-4H3/t14-,15-/m0/s1. The third-order valence-corrected chi connectivity index (χ3v) is 4.17. The van der Waals surface area contributed by atoms with Crippen molar-refractivity contribution in [1.82, 2.24) is 4.90 Å². The summed E-state index contributed by atoms with van der Waals surface area (Å²) in [7, 11) is 1.67. The lowest BCUT2D eigenvalue weighted by molar-refractivity contribution is -0.384. The third-order valence-electron chi connectivity index (χ3n) is 4.17. The first kappa shape index (κ1) is 18.4. The first-order chi connectivity index (χ1) is 11.8. The van der Waals surface area contributed by atoms with Gasteiger partial charge in [-0.1, -0.05) is 29.8 Å². The molecule has 0 bridgehead atoms. The molecule has 0 fully saturated rings. The van der Waals surface area contributed by atoms with E-state index >= 15 is 0 Å². The SMILES string of the molecule is Cc1ccc(O[C@@H](C)C(=O)N(C)[C@@H](C)c2cccc([N+](=O)[O-])c2)cc1. The van der Waals surface area contributed by atoms with Crippen LogP contribution in [0, 0.1) is 17.0 Å². The Kier molecular flexibility index (Phi) is 5.75. The van der Waals surface area contributed by atoms with Gasteiger partial charge in [0.1, 0.15) is 5.75 Å². The maximum atomic E-state index is 12.6. The Balaban J connectivity index is 2.08. The van der Waals surface area contributed by atoms with Crippen molar-refractivity contribution < 1.29 is 14.5 Å². The number of aryl methyl sites for hydroxylation is 1. The van der Waals surface area contributed by atoms with Gasteiger partial charge in [-0.15, -0.1) is 0 Å².